The normalized spacial score (nSPS) is 12.8. The molecule has 0 fully saturated rings. The first kappa shape index (κ1) is 32.7. The van der Waals surface area contributed by atoms with Crippen molar-refractivity contribution in [3.63, 3.8) is 0 Å². The molecule has 55 heavy (non-hydrogen) atoms. The van der Waals surface area contributed by atoms with Crippen molar-refractivity contribution in [2.75, 3.05) is 4.90 Å². The number of carbonyl (C=O) groups is 1. The number of rotatable bonds is 7. The summed E-state index contributed by atoms with van der Waals surface area (Å²) in [4.78, 5) is 13.7. The maximum absolute atomic E-state index is 11.4. The van der Waals surface area contributed by atoms with Crippen molar-refractivity contribution >= 4 is 45.2 Å². The highest BCUT2D eigenvalue weighted by atomic mass is 16.1. The number of aromatic nitrogens is 1. The van der Waals surface area contributed by atoms with Gasteiger partial charge in [-0.05, 0) is 123 Å². The van der Waals surface area contributed by atoms with Crippen LogP contribution in [0, 0.1) is 0 Å². The minimum absolute atomic E-state index is 0.102. The maximum atomic E-state index is 11.4. The van der Waals surface area contributed by atoms with Gasteiger partial charge in [0.25, 0.3) is 0 Å². The van der Waals surface area contributed by atoms with Crippen LogP contribution < -0.4 is 4.90 Å². The zero-order valence-electron chi connectivity index (χ0n) is 30.8. The molecule has 3 heteroatoms. The van der Waals surface area contributed by atoms with E-state index in [0.717, 1.165) is 51.2 Å². The predicted octanol–water partition coefficient (Wildman–Crippen LogP) is 13.7. The zero-order valence-corrected chi connectivity index (χ0v) is 30.8. The van der Waals surface area contributed by atoms with Crippen LogP contribution in [0.15, 0.2) is 188 Å². The van der Waals surface area contributed by atoms with E-state index in [2.05, 4.69) is 187 Å². The van der Waals surface area contributed by atoms with Gasteiger partial charge in [0, 0.05) is 44.5 Å². The molecule has 3 nitrogen and oxygen atoms in total. The Balaban J connectivity index is 1.06. The van der Waals surface area contributed by atoms with Gasteiger partial charge in [-0.2, -0.15) is 0 Å². The lowest BCUT2D eigenvalue weighted by Gasteiger charge is -2.28. The highest BCUT2D eigenvalue weighted by Crippen LogP contribution is 2.50. The van der Waals surface area contributed by atoms with Crippen LogP contribution in [0.2, 0.25) is 0 Å². The molecular weight excluding hydrogens is 669 g/mol. The van der Waals surface area contributed by atoms with Gasteiger partial charge in [0.15, 0.2) is 0 Å². The average molecular weight is 707 g/mol. The standard InChI is InChI=1S/C52H38N2O/c1-52(2)48-14-8-6-12-44(48)45-30-29-43(33-49(45)52)53(40-25-18-37(19-26-40)36-10-4-3-5-11-36)41-27-20-38(21-28-41)39-22-31-51-47(32-39)46-13-7-9-15-50(46)54(51)42-23-16-35(34-55)17-24-42/h3-34H,1-2H3. The summed E-state index contributed by atoms with van der Waals surface area (Å²) in [6.07, 6.45) is 0.889. The number of fused-ring (bicyclic) bond motifs is 6. The van der Waals surface area contributed by atoms with E-state index in [0.29, 0.717) is 5.56 Å². The van der Waals surface area contributed by atoms with Gasteiger partial charge in [0.05, 0.1) is 11.0 Å². The van der Waals surface area contributed by atoms with E-state index >= 15 is 0 Å². The summed E-state index contributed by atoms with van der Waals surface area (Å²) in [6.45, 7) is 4.68. The van der Waals surface area contributed by atoms with Gasteiger partial charge < -0.3 is 9.47 Å². The fraction of sp³-hybridized carbons (Fsp3) is 0.0577. The highest BCUT2D eigenvalue weighted by molar-refractivity contribution is 6.10. The van der Waals surface area contributed by atoms with Gasteiger partial charge in [0.1, 0.15) is 6.29 Å². The smallest absolute Gasteiger partial charge is 0.150 e. The molecule has 0 radical (unpaired) electrons. The van der Waals surface area contributed by atoms with Crippen LogP contribution in [0.3, 0.4) is 0 Å². The molecule has 0 N–H and O–H groups in total. The monoisotopic (exact) mass is 706 g/mol. The minimum Gasteiger partial charge on any atom is -0.310 e. The number of aldehydes is 1. The van der Waals surface area contributed by atoms with E-state index in [1.807, 2.05) is 24.3 Å². The summed E-state index contributed by atoms with van der Waals surface area (Å²) < 4.78 is 2.28. The Morgan fingerprint density at radius 1 is 0.455 bits per heavy atom. The Bertz CT molecular complexity index is 2880. The number of para-hydroxylation sites is 1. The fourth-order valence-electron chi connectivity index (χ4n) is 8.65. The first-order valence-corrected chi connectivity index (χ1v) is 18.9. The topological polar surface area (TPSA) is 25.2 Å². The molecule has 262 valence electrons. The third-order valence-corrected chi connectivity index (χ3v) is 11.5. The van der Waals surface area contributed by atoms with E-state index in [4.69, 9.17) is 0 Å². The van der Waals surface area contributed by atoms with Gasteiger partial charge in [-0.3, -0.25) is 4.79 Å². The summed E-state index contributed by atoms with van der Waals surface area (Å²) in [7, 11) is 0. The van der Waals surface area contributed by atoms with Gasteiger partial charge in [-0.1, -0.05) is 123 Å². The van der Waals surface area contributed by atoms with Gasteiger partial charge in [-0.25, -0.2) is 0 Å². The molecule has 0 saturated heterocycles. The second-order valence-electron chi connectivity index (χ2n) is 15.0. The van der Waals surface area contributed by atoms with Gasteiger partial charge in [0.2, 0.25) is 0 Å². The van der Waals surface area contributed by atoms with Crippen molar-refractivity contribution in [3.05, 3.63) is 205 Å². The number of hydrogen-bond donors (Lipinski definition) is 0. The lowest BCUT2D eigenvalue weighted by molar-refractivity contribution is 0.112. The molecule has 8 aromatic carbocycles. The zero-order chi connectivity index (χ0) is 37.1. The van der Waals surface area contributed by atoms with Crippen LogP contribution in [-0.4, -0.2) is 10.9 Å². The summed E-state index contributed by atoms with van der Waals surface area (Å²) in [5, 5.41) is 2.39. The van der Waals surface area contributed by atoms with Gasteiger partial charge >= 0.3 is 0 Å². The van der Waals surface area contributed by atoms with Crippen molar-refractivity contribution in [1.29, 1.82) is 0 Å². The lowest BCUT2D eigenvalue weighted by Crippen LogP contribution is -2.16. The highest BCUT2D eigenvalue weighted by Gasteiger charge is 2.35. The van der Waals surface area contributed by atoms with Crippen LogP contribution >= 0.6 is 0 Å². The van der Waals surface area contributed by atoms with E-state index in [1.54, 1.807) is 0 Å². The first-order chi connectivity index (χ1) is 27.0. The SMILES string of the molecule is CC1(C)c2ccccc2-c2ccc(N(c3ccc(-c4ccccc4)cc3)c3ccc(-c4ccc5c(c4)c4ccccc4n5-c4ccc(C=O)cc4)cc3)cc21. The number of nitrogens with zero attached hydrogens (tertiary/aromatic N) is 2. The molecule has 0 amide bonds. The summed E-state index contributed by atoms with van der Waals surface area (Å²) in [5.74, 6) is 0. The van der Waals surface area contributed by atoms with E-state index in [-0.39, 0.29) is 5.41 Å². The number of hydrogen-bond acceptors (Lipinski definition) is 2. The average Bonchev–Trinajstić information content (AvgIpc) is 3.69. The molecule has 0 atom stereocenters. The molecule has 1 aliphatic carbocycles. The molecule has 1 heterocycles. The maximum Gasteiger partial charge on any atom is 0.150 e. The van der Waals surface area contributed by atoms with Crippen molar-refractivity contribution in [1.82, 2.24) is 4.57 Å². The van der Waals surface area contributed by atoms with E-state index < -0.39 is 0 Å². The molecule has 0 bridgehead atoms. The second-order valence-corrected chi connectivity index (χ2v) is 15.0. The van der Waals surface area contributed by atoms with Gasteiger partial charge in [-0.15, -0.1) is 0 Å². The molecule has 9 aromatic rings. The number of benzene rings is 8. The quantitative estimate of drug-likeness (QED) is 0.154. The molecule has 0 unspecified atom stereocenters. The molecule has 0 aliphatic heterocycles. The summed E-state index contributed by atoms with van der Waals surface area (Å²) >= 11 is 0. The Labute approximate surface area is 321 Å². The Morgan fingerprint density at radius 2 is 1.02 bits per heavy atom. The first-order valence-electron chi connectivity index (χ1n) is 18.9. The molecular formula is C52H38N2O. The van der Waals surface area contributed by atoms with Crippen LogP contribution in [0.1, 0.15) is 35.3 Å². The van der Waals surface area contributed by atoms with Crippen molar-refractivity contribution < 1.29 is 4.79 Å². The van der Waals surface area contributed by atoms with Crippen molar-refractivity contribution in [2.24, 2.45) is 0 Å². The Kier molecular flexibility index (Phi) is 7.64. The summed E-state index contributed by atoms with van der Waals surface area (Å²) in [6, 6.07) is 67.3. The third kappa shape index (κ3) is 5.39. The molecule has 10 rings (SSSR count). The van der Waals surface area contributed by atoms with E-state index in [9.17, 15) is 4.79 Å². The predicted molar refractivity (Wildman–Crippen MR) is 229 cm³/mol. The van der Waals surface area contributed by atoms with Crippen molar-refractivity contribution in [2.45, 2.75) is 19.3 Å². The molecule has 0 spiro atoms. The molecule has 1 aliphatic rings. The molecule has 0 saturated carbocycles. The van der Waals surface area contributed by atoms with Crippen LogP contribution in [0.25, 0.3) is 60.9 Å². The van der Waals surface area contributed by atoms with Crippen LogP contribution in [0.5, 0.6) is 0 Å². The molecule has 1 aromatic heterocycles. The third-order valence-electron chi connectivity index (χ3n) is 11.5. The lowest BCUT2D eigenvalue weighted by atomic mass is 9.82. The largest absolute Gasteiger partial charge is 0.310 e. The van der Waals surface area contributed by atoms with Crippen LogP contribution in [-0.2, 0) is 5.41 Å². The fourth-order valence-corrected chi connectivity index (χ4v) is 8.65. The summed E-state index contributed by atoms with van der Waals surface area (Å²) in [5.41, 5.74) is 17.3. The Hall–Kier alpha value is -6.97. The van der Waals surface area contributed by atoms with Crippen molar-refractivity contribution in [3.8, 4) is 39.1 Å². The number of carbonyl (C=O) groups excluding carboxylic acids is 1. The second kappa shape index (κ2) is 12.9. The van der Waals surface area contributed by atoms with Crippen LogP contribution in [0.4, 0.5) is 17.1 Å². The Morgan fingerprint density at radius 3 is 1.75 bits per heavy atom. The minimum atomic E-state index is -0.102. The number of anilines is 3. The van der Waals surface area contributed by atoms with E-state index in [1.165, 1.54) is 44.2 Å².